The van der Waals surface area contributed by atoms with Crippen molar-refractivity contribution in [1.82, 2.24) is 0 Å². The van der Waals surface area contributed by atoms with Crippen molar-refractivity contribution in [3.8, 4) is 23.0 Å². The maximum atomic E-state index is 10.9. The van der Waals surface area contributed by atoms with Crippen LogP contribution in [-0.2, 0) is 27.5 Å². The zero-order valence-electron chi connectivity index (χ0n) is 20.6. The zero-order valence-corrected chi connectivity index (χ0v) is 21.4. The van der Waals surface area contributed by atoms with E-state index in [9.17, 15) is 8.42 Å². The monoisotopic (exact) mass is 474 g/mol. The maximum Gasteiger partial charge on any atom is 0.264 e. The van der Waals surface area contributed by atoms with Gasteiger partial charge >= 0.3 is 0 Å². The lowest BCUT2D eigenvalue weighted by atomic mass is 10.2. The predicted molar refractivity (Wildman–Crippen MR) is 127 cm³/mol. The van der Waals surface area contributed by atoms with Crippen molar-refractivity contribution in [2.45, 2.75) is 40.9 Å². The molecule has 0 radical (unpaired) electrons. The lowest BCUT2D eigenvalue weighted by Gasteiger charge is -2.09. The number of hydrogen-bond acceptors (Lipinski definition) is 8. The van der Waals surface area contributed by atoms with Crippen LogP contribution in [0, 0.1) is 0 Å². The average molecular weight is 475 g/mol. The molecule has 0 spiro atoms. The standard InChI is InChI=1S/C10H14O5S.C9H12O3.2C2H6/c1-13-9-4-5-10(14-2)8(6-9)7-15-16(3,11)12;1-11-8-3-4-9(12-2)7(5-8)6-10;2*1-2/h4-6H,7H2,1-3H3;3-5,10H,6H2,1-2H3;2*1-2H3. The Labute approximate surface area is 193 Å². The van der Waals surface area contributed by atoms with Crippen LogP contribution in [0.15, 0.2) is 36.4 Å². The van der Waals surface area contributed by atoms with Crippen LogP contribution in [0.4, 0.5) is 0 Å². The molecule has 0 fully saturated rings. The third-order valence-electron chi connectivity index (χ3n) is 3.57. The maximum absolute atomic E-state index is 10.9. The topological polar surface area (TPSA) is 101 Å². The summed E-state index contributed by atoms with van der Waals surface area (Å²) in [5.41, 5.74) is 1.35. The van der Waals surface area contributed by atoms with E-state index in [0.29, 0.717) is 22.8 Å². The summed E-state index contributed by atoms with van der Waals surface area (Å²) in [6.07, 6.45) is 1.000. The molecule has 1 N–H and O–H groups in total. The van der Waals surface area contributed by atoms with Gasteiger partial charge in [-0.25, -0.2) is 0 Å². The SMILES string of the molecule is CC.CC.COc1ccc(OC)c(CO)c1.COc1ccc(OC)c(COS(C)(=O)=O)c1. The van der Waals surface area contributed by atoms with E-state index < -0.39 is 10.1 Å². The second-order valence-corrected chi connectivity index (χ2v) is 7.12. The second kappa shape index (κ2) is 18.1. The summed E-state index contributed by atoms with van der Waals surface area (Å²) in [5.74, 6) is 2.58. The zero-order chi connectivity index (χ0) is 25.2. The van der Waals surface area contributed by atoms with E-state index in [1.54, 1.807) is 50.6 Å². The molecule has 2 aromatic carbocycles. The molecular formula is C23H38O8S. The largest absolute Gasteiger partial charge is 0.497 e. The smallest absolute Gasteiger partial charge is 0.264 e. The molecule has 0 amide bonds. The molecule has 0 heterocycles. The summed E-state index contributed by atoms with van der Waals surface area (Å²) in [4.78, 5) is 0. The van der Waals surface area contributed by atoms with Gasteiger partial charge in [0.25, 0.3) is 10.1 Å². The Morgan fingerprint density at radius 1 is 0.719 bits per heavy atom. The molecule has 0 aliphatic heterocycles. The first-order valence-corrected chi connectivity index (χ1v) is 12.0. The highest BCUT2D eigenvalue weighted by Gasteiger charge is 2.09. The van der Waals surface area contributed by atoms with E-state index in [0.717, 1.165) is 17.6 Å². The van der Waals surface area contributed by atoms with Crippen molar-refractivity contribution < 1.29 is 36.7 Å². The van der Waals surface area contributed by atoms with Crippen LogP contribution in [0.2, 0.25) is 0 Å². The Hall–Kier alpha value is -2.49. The molecule has 0 bridgehead atoms. The molecule has 2 aromatic rings. The number of benzene rings is 2. The molecule has 0 aliphatic rings. The number of ether oxygens (including phenoxy) is 4. The molecule has 9 heteroatoms. The fraction of sp³-hybridized carbons (Fsp3) is 0.478. The molecular weight excluding hydrogens is 436 g/mol. The van der Waals surface area contributed by atoms with E-state index in [-0.39, 0.29) is 13.2 Å². The first kappa shape index (κ1) is 31.7. The van der Waals surface area contributed by atoms with Gasteiger partial charge in [0, 0.05) is 11.1 Å². The lowest BCUT2D eigenvalue weighted by Crippen LogP contribution is -2.04. The van der Waals surface area contributed by atoms with Crippen molar-refractivity contribution in [3.63, 3.8) is 0 Å². The summed E-state index contributed by atoms with van der Waals surface area (Å²) in [5, 5.41) is 8.93. The van der Waals surface area contributed by atoms with Gasteiger partial charge in [-0.15, -0.1) is 0 Å². The van der Waals surface area contributed by atoms with Crippen molar-refractivity contribution in [1.29, 1.82) is 0 Å². The van der Waals surface area contributed by atoms with Crippen LogP contribution in [-0.4, -0.2) is 48.2 Å². The Bertz CT molecular complexity index is 851. The Morgan fingerprint density at radius 2 is 1.12 bits per heavy atom. The molecule has 0 aromatic heterocycles. The summed E-state index contributed by atoms with van der Waals surface area (Å²) in [6, 6.07) is 10.4. The van der Waals surface area contributed by atoms with Gasteiger partial charge in [-0.2, -0.15) is 8.42 Å². The van der Waals surface area contributed by atoms with Crippen LogP contribution in [0.5, 0.6) is 23.0 Å². The molecule has 32 heavy (non-hydrogen) atoms. The minimum atomic E-state index is -3.46. The molecule has 0 saturated carbocycles. The van der Waals surface area contributed by atoms with Crippen molar-refractivity contribution in [3.05, 3.63) is 47.5 Å². The Morgan fingerprint density at radius 3 is 1.47 bits per heavy atom. The van der Waals surface area contributed by atoms with E-state index in [2.05, 4.69) is 0 Å². The summed E-state index contributed by atoms with van der Waals surface area (Å²) >= 11 is 0. The van der Waals surface area contributed by atoms with Crippen LogP contribution in [0.25, 0.3) is 0 Å². The van der Waals surface area contributed by atoms with Crippen LogP contribution in [0.1, 0.15) is 38.8 Å². The summed E-state index contributed by atoms with van der Waals surface area (Å²) < 4.78 is 46.5. The van der Waals surface area contributed by atoms with Crippen molar-refractivity contribution in [2.75, 3.05) is 34.7 Å². The molecule has 8 nitrogen and oxygen atoms in total. The second-order valence-electron chi connectivity index (χ2n) is 5.48. The minimum Gasteiger partial charge on any atom is -0.497 e. The average Bonchev–Trinajstić information content (AvgIpc) is 2.84. The number of hydrogen-bond donors (Lipinski definition) is 1. The molecule has 0 aliphatic carbocycles. The molecule has 184 valence electrons. The fourth-order valence-electron chi connectivity index (χ4n) is 2.17. The van der Waals surface area contributed by atoms with Gasteiger partial charge in [0.2, 0.25) is 0 Å². The van der Waals surface area contributed by atoms with Crippen LogP contribution >= 0.6 is 0 Å². The third kappa shape index (κ3) is 12.4. The lowest BCUT2D eigenvalue weighted by molar-refractivity contribution is 0.272. The van der Waals surface area contributed by atoms with Crippen molar-refractivity contribution >= 4 is 10.1 Å². The highest BCUT2D eigenvalue weighted by atomic mass is 32.2. The number of methoxy groups -OCH3 is 4. The Kier molecular flexibility index (Phi) is 17.9. The number of aliphatic hydroxyl groups is 1. The Balaban J connectivity index is 0. The van der Waals surface area contributed by atoms with Crippen molar-refractivity contribution in [2.24, 2.45) is 0 Å². The van der Waals surface area contributed by atoms with Gasteiger partial charge in [-0.1, -0.05) is 27.7 Å². The van der Waals surface area contributed by atoms with E-state index >= 15 is 0 Å². The molecule has 0 atom stereocenters. The highest BCUT2D eigenvalue weighted by molar-refractivity contribution is 7.85. The first-order chi connectivity index (χ1) is 15.3. The van der Waals surface area contributed by atoms with E-state index in [4.69, 9.17) is 28.2 Å². The fourth-order valence-corrected chi connectivity index (χ4v) is 2.51. The van der Waals surface area contributed by atoms with E-state index in [1.807, 2.05) is 27.7 Å². The van der Waals surface area contributed by atoms with Gasteiger partial charge in [0.1, 0.15) is 23.0 Å². The van der Waals surface area contributed by atoms with Crippen LogP contribution < -0.4 is 18.9 Å². The highest BCUT2D eigenvalue weighted by Crippen LogP contribution is 2.25. The van der Waals surface area contributed by atoms with Gasteiger partial charge in [0.05, 0.1) is 47.9 Å². The van der Waals surface area contributed by atoms with Gasteiger partial charge in [-0.05, 0) is 36.4 Å². The summed E-state index contributed by atoms with van der Waals surface area (Å²) in [6.45, 7) is 7.89. The van der Waals surface area contributed by atoms with Gasteiger partial charge < -0.3 is 24.1 Å². The molecule has 0 unspecified atom stereocenters. The third-order valence-corrected chi connectivity index (χ3v) is 4.12. The minimum absolute atomic E-state index is 0.0413. The quantitative estimate of drug-likeness (QED) is 0.561. The van der Waals surface area contributed by atoms with Crippen LogP contribution in [0.3, 0.4) is 0 Å². The normalized spacial score (nSPS) is 9.56. The predicted octanol–water partition coefficient (Wildman–Crippen LogP) is 4.43. The first-order valence-electron chi connectivity index (χ1n) is 10.1. The summed E-state index contributed by atoms with van der Waals surface area (Å²) in [7, 11) is 2.73. The number of rotatable bonds is 8. The van der Waals surface area contributed by atoms with Gasteiger partial charge in [0.15, 0.2) is 0 Å². The number of aliphatic hydroxyl groups excluding tert-OH is 1. The molecule has 2 rings (SSSR count). The molecule has 0 saturated heterocycles. The van der Waals surface area contributed by atoms with E-state index in [1.165, 1.54) is 14.2 Å². The van der Waals surface area contributed by atoms with Gasteiger partial charge in [-0.3, -0.25) is 4.18 Å².